The molecule has 0 aliphatic heterocycles. The average Bonchev–Trinajstić information content (AvgIpc) is 2.16. The zero-order chi connectivity index (χ0) is 12.7. The lowest BCUT2D eigenvalue weighted by Crippen LogP contribution is -2.10. The zero-order valence-electron chi connectivity index (χ0n) is 10.6. The Morgan fingerprint density at radius 2 is 1.75 bits per heavy atom. The molecular weight excluding hydrogens is 204 g/mol. The summed E-state index contributed by atoms with van der Waals surface area (Å²) in [4.78, 5) is 21.6. The van der Waals surface area contributed by atoms with Crippen LogP contribution in [-0.4, -0.2) is 16.9 Å². The third kappa shape index (κ3) is 6.38. The summed E-state index contributed by atoms with van der Waals surface area (Å²) < 4.78 is 0. The van der Waals surface area contributed by atoms with Crippen molar-refractivity contribution in [1.82, 2.24) is 0 Å². The van der Waals surface area contributed by atoms with E-state index in [1.807, 2.05) is 26.0 Å². The van der Waals surface area contributed by atoms with Crippen LogP contribution in [0, 0.1) is 17.8 Å². The minimum atomic E-state index is -0.769. The first kappa shape index (κ1) is 14.9. The summed E-state index contributed by atoms with van der Waals surface area (Å²) >= 11 is 0. The van der Waals surface area contributed by atoms with Gasteiger partial charge < -0.3 is 5.11 Å². The maximum Gasteiger partial charge on any atom is 0.306 e. The molecule has 0 aliphatic rings. The van der Waals surface area contributed by atoms with Crippen LogP contribution in [0.2, 0.25) is 0 Å². The summed E-state index contributed by atoms with van der Waals surface area (Å²) in [5.74, 6) is -0.501. The van der Waals surface area contributed by atoms with Crippen molar-refractivity contribution in [1.29, 1.82) is 0 Å². The van der Waals surface area contributed by atoms with Crippen molar-refractivity contribution in [3.8, 4) is 0 Å². The van der Waals surface area contributed by atoms with Gasteiger partial charge in [-0.3, -0.25) is 9.59 Å². The van der Waals surface area contributed by atoms with Crippen LogP contribution in [0.4, 0.5) is 0 Å². The minimum absolute atomic E-state index is 0.0801. The van der Waals surface area contributed by atoms with Gasteiger partial charge in [0, 0.05) is 5.92 Å². The molecule has 0 aromatic carbocycles. The Kier molecular flexibility index (Phi) is 6.70. The van der Waals surface area contributed by atoms with Crippen LogP contribution in [0.15, 0.2) is 12.2 Å². The van der Waals surface area contributed by atoms with Gasteiger partial charge >= 0.3 is 5.97 Å². The van der Waals surface area contributed by atoms with E-state index in [4.69, 9.17) is 5.11 Å². The van der Waals surface area contributed by atoms with Gasteiger partial charge in [0.2, 0.25) is 0 Å². The van der Waals surface area contributed by atoms with Crippen LogP contribution >= 0.6 is 0 Å². The van der Waals surface area contributed by atoms with Crippen molar-refractivity contribution in [2.75, 3.05) is 0 Å². The van der Waals surface area contributed by atoms with E-state index in [1.54, 1.807) is 13.8 Å². The molecule has 0 aromatic rings. The monoisotopic (exact) mass is 226 g/mol. The highest BCUT2D eigenvalue weighted by atomic mass is 16.4. The van der Waals surface area contributed by atoms with Crippen LogP contribution in [0.3, 0.4) is 0 Å². The molecule has 3 nitrogen and oxygen atoms in total. The first-order chi connectivity index (χ1) is 7.34. The van der Waals surface area contributed by atoms with E-state index in [-0.39, 0.29) is 17.6 Å². The standard InChI is InChI=1S/C13H22O3/c1-9(8-11(3)12(4)14)6-5-7-10(2)13(15)16/h5-6,9-11H,7-8H2,1-4H3,(H,15,16)/b6-5+. The number of carboxylic acid groups (broad SMARTS) is 1. The molecule has 0 fully saturated rings. The highest BCUT2D eigenvalue weighted by Gasteiger charge is 2.11. The SMILES string of the molecule is CC(=O)C(C)CC(C)/C=C/CC(C)C(=O)O. The molecule has 0 saturated heterocycles. The number of carbonyl (C=O) groups is 2. The van der Waals surface area contributed by atoms with E-state index in [2.05, 4.69) is 0 Å². The number of Topliss-reactive ketones (excluding diaryl/α,β-unsaturated/α-hetero) is 1. The maximum atomic E-state index is 11.0. The van der Waals surface area contributed by atoms with Gasteiger partial charge in [0.05, 0.1) is 5.92 Å². The van der Waals surface area contributed by atoms with Crippen LogP contribution in [-0.2, 0) is 9.59 Å². The Morgan fingerprint density at radius 1 is 1.19 bits per heavy atom. The van der Waals surface area contributed by atoms with E-state index in [0.717, 1.165) is 6.42 Å². The lowest BCUT2D eigenvalue weighted by atomic mass is 9.93. The van der Waals surface area contributed by atoms with Gasteiger partial charge in [-0.1, -0.05) is 32.9 Å². The van der Waals surface area contributed by atoms with Gasteiger partial charge in [-0.25, -0.2) is 0 Å². The van der Waals surface area contributed by atoms with Crippen LogP contribution in [0.5, 0.6) is 0 Å². The number of rotatable bonds is 7. The normalized spacial score (nSPS) is 17.0. The molecule has 0 rings (SSSR count). The van der Waals surface area contributed by atoms with Gasteiger partial charge in [-0.05, 0) is 25.7 Å². The Hall–Kier alpha value is -1.12. The molecule has 0 amide bonds. The van der Waals surface area contributed by atoms with E-state index in [9.17, 15) is 9.59 Å². The van der Waals surface area contributed by atoms with Crippen molar-refractivity contribution in [3.05, 3.63) is 12.2 Å². The lowest BCUT2D eigenvalue weighted by Gasteiger charge is -2.11. The molecule has 0 aliphatic carbocycles. The van der Waals surface area contributed by atoms with Gasteiger partial charge in [-0.15, -0.1) is 0 Å². The molecule has 92 valence electrons. The van der Waals surface area contributed by atoms with E-state index in [1.165, 1.54) is 0 Å². The summed E-state index contributed by atoms with van der Waals surface area (Å²) in [5, 5.41) is 8.69. The number of carboxylic acids is 1. The Labute approximate surface area is 97.5 Å². The van der Waals surface area contributed by atoms with Gasteiger partial charge in [-0.2, -0.15) is 0 Å². The van der Waals surface area contributed by atoms with Gasteiger partial charge in [0.25, 0.3) is 0 Å². The lowest BCUT2D eigenvalue weighted by molar-refractivity contribution is -0.141. The first-order valence-electron chi connectivity index (χ1n) is 5.74. The van der Waals surface area contributed by atoms with Crippen molar-refractivity contribution < 1.29 is 14.7 Å². The number of hydrogen-bond donors (Lipinski definition) is 1. The molecule has 3 heteroatoms. The molecule has 3 unspecified atom stereocenters. The number of ketones is 1. The molecule has 0 heterocycles. The van der Waals surface area contributed by atoms with Crippen molar-refractivity contribution >= 4 is 11.8 Å². The van der Waals surface area contributed by atoms with E-state index >= 15 is 0 Å². The summed E-state index contributed by atoms with van der Waals surface area (Å²) in [6.07, 6.45) is 5.27. The second kappa shape index (κ2) is 7.20. The number of carbonyl (C=O) groups excluding carboxylic acids is 1. The predicted molar refractivity (Wildman–Crippen MR) is 64.2 cm³/mol. The molecule has 16 heavy (non-hydrogen) atoms. The highest BCUT2D eigenvalue weighted by Crippen LogP contribution is 2.14. The summed E-state index contributed by atoms with van der Waals surface area (Å²) in [6, 6.07) is 0. The third-order valence-corrected chi connectivity index (χ3v) is 2.80. The molecule has 1 N–H and O–H groups in total. The van der Waals surface area contributed by atoms with Crippen molar-refractivity contribution in [2.45, 2.75) is 40.5 Å². The van der Waals surface area contributed by atoms with E-state index < -0.39 is 5.97 Å². The van der Waals surface area contributed by atoms with Crippen LogP contribution in [0.25, 0.3) is 0 Å². The average molecular weight is 226 g/mol. The topological polar surface area (TPSA) is 54.4 Å². The zero-order valence-corrected chi connectivity index (χ0v) is 10.6. The molecule has 0 saturated carbocycles. The van der Waals surface area contributed by atoms with Gasteiger partial charge in [0.1, 0.15) is 5.78 Å². The largest absolute Gasteiger partial charge is 0.481 e. The number of hydrogen-bond acceptors (Lipinski definition) is 2. The van der Waals surface area contributed by atoms with Crippen molar-refractivity contribution in [2.24, 2.45) is 17.8 Å². The fourth-order valence-corrected chi connectivity index (χ4v) is 1.42. The van der Waals surface area contributed by atoms with Crippen molar-refractivity contribution in [3.63, 3.8) is 0 Å². The fraction of sp³-hybridized carbons (Fsp3) is 0.692. The number of allylic oxidation sites excluding steroid dienone is 2. The van der Waals surface area contributed by atoms with Gasteiger partial charge in [0.15, 0.2) is 0 Å². The molecule has 0 aromatic heterocycles. The molecular formula is C13H22O3. The predicted octanol–water partition coefficient (Wildman–Crippen LogP) is 2.90. The number of aliphatic carboxylic acids is 1. The molecule has 0 spiro atoms. The summed E-state index contributed by atoms with van der Waals surface area (Å²) in [6.45, 7) is 7.26. The second-order valence-electron chi connectivity index (χ2n) is 4.63. The highest BCUT2D eigenvalue weighted by molar-refractivity contribution is 5.77. The smallest absolute Gasteiger partial charge is 0.306 e. The van der Waals surface area contributed by atoms with Crippen LogP contribution < -0.4 is 0 Å². The summed E-state index contributed by atoms with van der Waals surface area (Å²) in [5.41, 5.74) is 0. The first-order valence-corrected chi connectivity index (χ1v) is 5.74. The van der Waals surface area contributed by atoms with Crippen LogP contribution in [0.1, 0.15) is 40.5 Å². The van der Waals surface area contributed by atoms with E-state index in [0.29, 0.717) is 12.3 Å². The molecule has 3 atom stereocenters. The Bertz CT molecular complexity index is 268. The minimum Gasteiger partial charge on any atom is -0.481 e. The second-order valence-corrected chi connectivity index (χ2v) is 4.63. The Balaban J connectivity index is 3.95. The maximum absolute atomic E-state index is 11.0. The molecule has 0 bridgehead atoms. The molecule has 0 radical (unpaired) electrons. The Morgan fingerprint density at radius 3 is 2.19 bits per heavy atom. The summed E-state index contributed by atoms with van der Waals surface area (Å²) in [7, 11) is 0. The fourth-order valence-electron chi connectivity index (χ4n) is 1.42. The quantitative estimate of drug-likeness (QED) is 0.679. The third-order valence-electron chi connectivity index (χ3n) is 2.80.